The van der Waals surface area contributed by atoms with Crippen LogP contribution in [-0.2, 0) is 9.47 Å². The summed E-state index contributed by atoms with van der Waals surface area (Å²) < 4.78 is 33.6. The van der Waals surface area contributed by atoms with Crippen molar-refractivity contribution in [3.05, 3.63) is 0 Å². The van der Waals surface area contributed by atoms with Crippen LogP contribution in [0.5, 0.6) is 0 Å². The molecule has 0 N–H and O–H groups in total. The van der Waals surface area contributed by atoms with E-state index in [1.54, 1.807) is 0 Å². The van der Waals surface area contributed by atoms with Gasteiger partial charge < -0.3 is 9.47 Å². The van der Waals surface area contributed by atoms with Gasteiger partial charge in [-0.1, -0.05) is 0 Å². The number of ether oxygens (including phenoxy) is 2. The van der Waals surface area contributed by atoms with E-state index in [4.69, 9.17) is 9.47 Å². The van der Waals surface area contributed by atoms with Gasteiger partial charge in [0.25, 0.3) is 0 Å². The highest BCUT2D eigenvalue weighted by Crippen LogP contribution is 2.14. The first-order valence-electron chi connectivity index (χ1n) is 4.30. The van der Waals surface area contributed by atoms with Gasteiger partial charge in [-0.3, -0.25) is 8.63 Å². The van der Waals surface area contributed by atoms with E-state index in [9.17, 15) is 8.63 Å². The Kier molecular flexibility index (Phi) is 4.54. The molecule has 70 valence electrons. The highest BCUT2D eigenvalue weighted by atomic mass is 19.2. The van der Waals surface area contributed by atoms with E-state index in [-0.39, 0.29) is 19.2 Å². The van der Waals surface area contributed by atoms with Crippen molar-refractivity contribution in [2.24, 2.45) is 0 Å². The summed E-state index contributed by atoms with van der Waals surface area (Å²) in [4.78, 5) is 0. The second-order valence-corrected chi connectivity index (χ2v) is 2.85. The molecule has 1 atom stereocenters. The van der Waals surface area contributed by atoms with Crippen molar-refractivity contribution >= 4 is 7.27 Å². The molecule has 0 aliphatic carbocycles. The molecule has 1 aliphatic rings. The second-order valence-electron chi connectivity index (χ2n) is 2.85. The lowest BCUT2D eigenvalue weighted by molar-refractivity contribution is -0.159. The van der Waals surface area contributed by atoms with E-state index in [1.807, 2.05) is 0 Å². The average molecular weight is 178 g/mol. The Labute approximate surface area is 71.4 Å². The Morgan fingerprint density at radius 2 is 2.25 bits per heavy atom. The van der Waals surface area contributed by atoms with Crippen molar-refractivity contribution in [1.29, 1.82) is 0 Å². The Hall–Kier alpha value is -0.155. The smallest absolute Gasteiger partial charge is 0.353 e. The van der Waals surface area contributed by atoms with Gasteiger partial charge in [-0.25, -0.2) is 0 Å². The van der Waals surface area contributed by atoms with Crippen LogP contribution in [0.4, 0.5) is 8.63 Å². The number of rotatable bonds is 4. The fraction of sp³-hybridized carbons (Fsp3) is 1.00. The van der Waals surface area contributed by atoms with Gasteiger partial charge in [0.15, 0.2) is 6.29 Å². The van der Waals surface area contributed by atoms with Crippen molar-refractivity contribution in [3.8, 4) is 0 Å². The Balaban J connectivity index is 1.98. The monoisotopic (exact) mass is 178 g/mol. The fourth-order valence-corrected chi connectivity index (χ4v) is 1.13. The van der Waals surface area contributed by atoms with Gasteiger partial charge in [0.2, 0.25) is 0 Å². The zero-order valence-corrected chi connectivity index (χ0v) is 6.97. The van der Waals surface area contributed by atoms with Gasteiger partial charge in [-0.2, -0.15) is 0 Å². The van der Waals surface area contributed by atoms with Gasteiger partial charge in [0, 0.05) is 19.5 Å². The molecule has 1 rings (SSSR count). The van der Waals surface area contributed by atoms with Gasteiger partial charge in [-0.15, -0.1) is 0 Å². The first kappa shape index (κ1) is 9.93. The molecule has 0 aromatic heterocycles. The summed E-state index contributed by atoms with van der Waals surface area (Å²) >= 11 is 0. The highest BCUT2D eigenvalue weighted by molar-refractivity contribution is 6.42. The maximum Gasteiger partial charge on any atom is 0.540 e. The van der Waals surface area contributed by atoms with E-state index in [0.717, 1.165) is 19.3 Å². The second kappa shape index (κ2) is 5.48. The molecule has 12 heavy (non-hydrogen) atoms. The molecule has 0 saturated carbocycles. The number of halogens is 2. The highest BCUT2D eigenvalue weighted by Gasteiger charge is 2.16. The zero-order valence-electron chi connectivity index (χ0n) is 6.97. The third-order valence-electron chi connectivity index (χ3n) is 1.78. The molecule has 1 fully saturated rings. The third kappa shape index (κ3) is 4.02. The molecule has 0 aromatic carbocycles. The van der Waals surface area contributed by atoms with Crippen LogP contribution in [0.25, 0.3) is 0 Å². The van der Waals surface area contributed by atoms with Crippen LogP contribution in [0.1, 0.15) is 19.3 Å². The van der Waals surface area contributed by atoms with E-state index in [2.05, 4.69) is 0 Å². The van der Waals surface area contributed by atoms with Crippen LogP contribution in [0.3, 0.4) is 0 Å². The summed E-state index contributed by atoms with van der Waals surface area (Å²) in [5.41, 5.74) is 0. The van der Waals surface area contributed by atoms with Crippen LogP contribution in [0.15, 0.2) is 0 Å². The van der Waals surface area contributed by atoms with Gasteiger partial charge in [0.05, 0.1) is 0 Å². The topological polar surface area (TPSA) is 18.5 Å². The van der Waals surface area contributed by atoms with Crippen molar-refractivity contribution in [2.75, 3.05) is 13.2 Å². The lowest BCUT2D eigenvalue weighted by atomic mass is 9.94. The Bertz CT molecular complexity index is 118. The van der Waals surface area contributed by atoms with Crippen LogP contribution < -0.4 is 0 Å². The van der Waals surface area contributed by atoms with Crippen molar-refractivity contribution < 1.29 is 18.1 Å². The van der Waals surface area contributed by atoms with Gasteiger partial charge in [-0.05, 0) is 19.3 Å². The first-order chi connectivity index (χ1) is 5.79. The Morgan fingerprint density at radius 1 is 1.42 bits per heavy atom. The predicted molar refractivity (Wildman–Crippen MR) is 42.3 cm³/mol. The quantitative estimate of drug-likeness (QED) is 0.612. The minimum atomic E-state index is -2.27. The maximum absolute atomic E-state index is 11.7. The largest absolute Gasteiger partial charge is 0.540 e. The van der Waals surface area contributed by atoms with E-state index >= 15 is 0 Å². The maximum atomic E-state index is 11.7. The summed E-state index contributed by atoms with van der Waals surface area (Å²) in [7, 11) is -2.27. The van der Waals surface area contributed by atoms with Crippen LogP contribution >= 0.6 is 0 Å². The van der Waals surface area contributed by atoms with Gasteiger partial charge in [0.1, 0.15) is 0 Å². The summed E-state index contributed by atoms with van der Waals surface area (Å²) in [6.45, 7) is 0.793. The minimum absolute atomic E-state index is 0.0995. The summed E-state index contributed by atoms with van der Waals surface area (Å²) in [6.07, 6.45) is 2.52. The lowest BCUT2D eigenvalue weighted by Crippen LogP contribution is -2.23. The molecule has 0 spiro atoms. The summed E-state index contributed by atoms with van der Waals surface area (Å²) in [5.74, 6) is 0. The van der Waals surface area contributed by atoms with E-state index in [0.29, 0.717) is 6.61 Å². The van der Waals surface area contributed by atoms with E-state index in [1.165, 1.54) is 0 Å². The van der Waals surface area contributed by atoms with Gasteiger partial charge >= 0.3 is 7.27 Å². The van der Waals surface area contributed by atoms with Crippen molar-refractivity contribution in [2.45, 2.75) is 31.9 Å². The number of hydrogen-bond donors (Lipinski definition) is 0. The van der Waals surface area contributed by atoms with Crippen LogP contribution in [0.2, 0.25) is 6.32 Å². The molecule has 5 heteroatoms. The van der Waals surface area contributed by atoms with Crippen LogP contribution in [0, 0.1) is 0 Å². The molecule has 0 aromatic rings. The molecule has 1 heterocycles. The molecule has 1 aliphatic heterocycles. The molecule has 0 bridgehead atoms. The molecule has 0 amide bonds. The molecule has 1 saturated heterocycles. The molecular weight excluding hydrogens is 165 g/mol. The SMILES string of the molecule is FB(F)CCOC1CCCCO1. The van der Waals surface area contributed by atoms with Crippen LogP contribution in [-0.4, -0.2) is 26.8 Å². The molecular formula is C7H13BF2O2. The van der Waals surface area contributed by atoms with E-state index < -0.39 is 7.27 Å². The van der Waals surface area contributed by atoms with Crippen molar-refractivity contribution in [3.63, 3.8) is 0 Å². The minimum Gasteiger partial charge on any atom is -0.353 e. The standard InChI is InChI=1S/C7H13BF2O2/c9-8(10)4-6-12-7-3-1-2-5-11-7/h7H,1-6H2. The fourth-order valence-electron chi connectivity index (χ4n) is 1.13. The van der Waals surface area contributed by atoms with Crippen molar-refractivity contribution in [1.82, 2.24) is 0 Å². The summed E-state index contributed by atoms with van der Waals surface area (Å²) in [5, 5.41) is 0. The molecule has 0 radical (unpaired) electrons. The first-order valence-corrected chi connectivity index (χ1v) is 4.30. The number of hydrogen-bond acceptors (Lipinski definition) is 2. The lowest BCUT2D eigenvalue weighted by Gasteiger charge is -2.22. The summed E-state index contributed by atoms with van der Waals surface area (Å²) in [6, 6.07) is 0. The average Bonchev–Trinajstić information content (AvgIpc) is 2.05. The zero-order chi connectivity index (χ0) is 8.81. The third-order valence-corrected chi connectivity index (χ3v) is 1.78. The Morgan fingerprint density at radius 3 is 2.83 bits per heavy atom. The molecule has 1 unspecified atom stereocenters. The predicted octanol–water partition coefficient (Wildman–Crippen LogP) is 1.96. The normalized spacial score (nSPS) is 24.0. The molecule has 2 nitrogen and oxygen atoms in total.